The van der Waals surface area contributed by atoms with Gasteiger partial charge >= 0.3 is 0 Å². The minimum absolute atomic E-state index is 0.143. The molecule has 2 saturated carbocycles. The molecule has 0 bridgehead atoms. The normalized spacial score (nSPS) is 34.5. The maximum Gasteiger partial charge on any atom is 0.174 e. The van der Waals surface area contributed by atoms with Gasteiger partial charge in [-0.2, -0.15) is 0 Å². The minimum Gasteiger partial charge on any atom is -0.508 e. The molecule has 3 fully saturated rings. The average Bonchev–Trinajstić information content (AvgIpc) is 3.29. The maximum atomic E-state index is 11.2. The van der Waals surface area contributed by atoms with E-state index in [4.69, 9.17) is 9.47 Å². The Morgan fingerprint density at radius 3 is 2.57 bits per heavy atom. The summed E-state index contributed by atoms with van der Waals surface area (Å²) in [7, 11) is -1.65. The molecule has 1 N–H and O–H groups in total. The van der Waals surface area contributed by atoms with Gasteiger partial charge in [0.25, 0.3) is 0 Å². The quantitative estimate of drug-likeness (QED) is 0.529. The number of phenolic OH excluding ortho intramolecular Hbond substituents is 1. The van der Waals surface area contributed by atoms with E-state index >= 15 is 0 Å². The van der Waals surface area contributed by atoms with Crippen molar-refractivity contribution in [3.63, 3.8) is 0 Å². The summed E-state index contributed by atoms with van der Waals surface area (Å²) in [6.07, 6.45) is 9.72. The number of fused-ring (bicyclic) bond motifs is 6. The van der Waals surface area contributed by atoms with Gasteiger partial charge in [-0.25, -0.2) is 0 Å². The Morgan fingerprint density at radius 2 is 1.90 bits per heavy atom. The predicted molar refractivity (Wildman–Crippen MR) is 124 cm³/mol. The lowest BCUT2D eigenvalue weighted by molar-refractivity contribution is -0.237. The van der Waals surface area contributed by atoms with Gasteiger partial charge in [-0.3, -0.25) is 0 Å². The second-order valence-corrected chi connectivity index (χ2v) is 16.5. The summed E-state index contributed by atoms with van der Waals surface area (Å²) in [5, 5.41) is 12.4. The van der Waals surface area contributed by atoms with Gasteiger partial charge in [0.2, 0.25) is 0 Å². The number of rotatable bonds is 3. The summed E-state index contributed by atoms with van der Waals surface area (Å²) >= 11 is 0. The molecule has 1 spiro atoms. The summed E-state index contributed by atoms with van der Waals surface area (Å²) in [5.41, 5.74) is 4.29. The molecule has 1 saturated heterocycles. The van der Waals surface area contributed by atoms with E-state index in [1.807, 2.05) is 6.08 Å². The Bertz CT molecular complexity index is 864. The highest BCUT2D eigenvalue weighted by Gasteiger charge is 2.65. The molecule has 0 amide bonds. The molecule has 4 atom stereocenters. The first-order valence-electron chi connectivity index (χ1n) is 12.0. The van der Waals surface area contributed by atoms with Gasteiger partial charge in [0.15, 0.2) is 5.79 Å². The van der Waals surface area contributed by atoms with E-state index in [0.717, 1.165) is 38.0 Å². The van der Waals surface area contributed by atoms with Crippen LogP contribution in [0.4, 0.5) is 0 Å². The van der Waals surface area contributed by atoms with Crippen LogP contribution in [0, 0.1) is 17.3 Å². The van der Waals surface area contributed by atoms with Gasteiger partial charge < -0.3 is 14.6 Å². The fraction of sp³-hybridized carbons (Fsp3) is 0.692. The van der Waals surface area contributed by atoms with E-state index < -0.39 is 8.07 Å². The molecule has 1 aromatic rings. The molecule has 1 aromatic carbocycles. The smallest absolute Gasteiger partial charge is 0.174 e. The predicted octanol–water partition coefficient (Wildman–Crippen LogP) is 5.27. The van der Waals surface area contributed by atoms with E-state index in [-0.39, 0.29) is 11.2 Å². The van der Waals surface area contributed by atoms with Crippen molar-refractivity contribution < 1.29 is 14.6 Å². The van der Waals surface area contributed by atoms with Crippen LogP contribution < -0.4 is 5.19 Å². The summed E-state index contributed by atoms with van der Waals surface area (Å²) in [6.45, 7) is 15.0. The SMILES string of the molecule is C=CCc1c(O)c([Si](C)(C)C)cc2c1CC[C@@H]1[C@@H]2CC[C@@]2(C)[C@H]1CCC21OCCO1. The van der Waals surface area contributed by atoms with Crippen molar-refractivity contribution in [3.8, 4) is 5.75 Å². The fourth-order valence-corrected chi connectivity index (χ4v) is 9.08. The first kappa shape index (κ1) is 20.8. The van der Waals surface area contributed by atoms with E-state index in [9.17, 15) is 5.11 Å². The highest BCUT2D eigenvalue weighted by molar-refractivity contribution is 6.89. The van der Waals surface area contributed by atoms with Gasteiger partial charge in [-0.15, -0.1) is 6.58 Å². The molecule has 1 heterocycles. The van der Waals surface area contributed by atoms with Gasteiger partial charge in [0, 0.05) is 17.4 Å². The molecule has 4 heteroatoms. The average molecular weight is 427 g/mol. The van der Waals surface area contributed by atoms with Crippen molar-refractivity contribution in [2.24, 2.45) is 17.3 Å². The molecule has 30 heavy (non-hydrogen) atoms. The number of phenols is 1. The second-order valence-electron chi connectivity index (χ2n) is 11.4. The third-order valence-corrected chi connectivity index (χ3v) is 11.1. The number of allylic oxidation sites excluding steroid dienone is 1. The van der Waals surface area contributed by atoms with Crippen LogP contribution in [-0.4, -0.2) is 32.2 Å². The first-order valence-corrected chi connectivity index (χ1v) is 15.5. The van der Waals surface area contributed by atoms with Crippen molar-refractivity contribution >= 4 is 13.3 Å². The highest BCUT2D eigenvalue weighted by Crippen LogP contribution is 2.66. The molecule has 0 aromatic heterocycles. The number of aromatic hydroxyl groups is 1. The van der Waals surface area contributed by atoms with E-state index in [1.54, 1.807) is 5.56 Å². The van der Waals surface area contributed by atoms with Crippen LogP contribution in [0.3, 0.4) is 0 Å². The standard InChI is InChI=1S/C26H38O3Si/c1-6-7-20-17-8-9-19-18(21(17)16-23(24(20)27)30(3,4)5)10-12-25(2)22(19)11-13-26(25)28-14-15-29-26/h6,16,18-19,22,27H,1,7-15H2,2-5H3/t18-,19+,22-,25-/m0/s1. The number of hydrogen-bond donors (Lipinski definition) is 1. The summed E-state index contributed by atoms with van der Waals surface area (Å²) < 4.78 is 12.6. The Balaban J connectivity index is 1.57. The van der Waals surface area contributed by atoms with Crippen LogP contribution in [0.1, 0.15) is 61.6 Å². The Hall–Kier alpha value is -1.10. The van der Waals surface area contributed by atoms with Crippen LogP contribution >= 0.6 is 0 Å². The van der Waals surface area contributed by atoms with E-state index in [1.165, 1.54) is 36.4 Å². The third-order valence-electron chi connectivity index (χ3n) is 9.07. The molecular formula is C26H38O3Si. The number of hydrogen-bond acceptors (Lipinski definition) is 3. The zero-order valence-electron chi connectivity index (χ0n) is 19.2. The molecule has 5 rings (SSSR count). The Labute approximate surface area is 182 Å². The lowest BCUT2D eigenvalue weighted by atomic mass is 9.54. The number of benzene rings is 1. The molecule has 3 aliphatic carbocycles. The minimum atomic E-state index is -1.65. The van der Waals surface area contributed by atoms with E-state index in [0.29, 0.717) is 23.5 Å². The van der Waals surface area contributed by atoms with Crippen molar-refractivity contribution in [2.75, 3.05) is 13.2 Å². The first-order chi connectivity index (χ1) is 14.2. The van der Waals surface area contributed by atoms with Gasteiger partial charge in [-0.1, -0.05) is 38.7 Å². The van der Waals surface area contributed by atoms with Crippen LogP contribution in [0.5, 0.6) is 5.75 Å². The van der Waals surface area contributed by atoms with Crippen molar-refractivity contribution in [1.82, 2.24) is 0 Å². The van der Waals surface area contributed by atoms with Crippen LogP contribution in [0.2, 0.25) is 19.6 Å². The maximum absolute atomic E-state index is 11.2. The van der Waals surface area contributed by atoms with Crippen molar-refractivity contribution in [1.29, 1.82) is 0 Å². The van der Waals surface area contributed by atoms with Crippen LogP contribution in [0.25, 0.3) is 0 Å². The topological polar surface area (TPSA) is 38.7 Å². The van der Waals surface area contributed by atoms with Crippen LogP contribution in [-0.2, 0) is 22.3 Å². The largest absolute Gasteiger partial charge is 0.508 e. The molecule has 164 valence electrons. The van der Waals surface area contributed by atoms with Crippen molar-refractivity contribution in [3.05, 3.63) is 35.4 Å². The lowest BCUT2D eigenvalue weighted by Crippen LogP contribution is -2.51. The molecule has 4 aliphatic rings. The van der Waals surface area contributed by atoms with Gasteiger partial charge in [-0.05, 0) is 72.6 Å². The van der Waals surface area contributed by atoms with Crippen molar-refractivity contribution in [2.45, 2.75) is 83.2 Å². The second kappa shape index (κ2) is 6.95. The van der Waals surface area contributed by atoms with Gasteiger partial charge in [0.05, 0.1) is 21.3 Å². The number of ether oxygens (including phenoxy) is 2. The summed E-state index contributed by atoms with van der Waals surface area (Å²) in [6, 6.07) is 2.43. The monoisotopic (exact) mass is 426 g/mol. The zero-order valence-corrected chi connectivity index (χ0v) is 20.2. The molecule has 3 nitrogen and oxygen atoms in total. The molecular weight excluding hydrogens is 388 g/mol. The van der Waals surface area contributed by atoms with E-state index in [2.05, 4.69) is 39.2 Å². The lowest BCUT2D eigenvalue weighted by Gasteiger charge is -2.53. The molecule has 0 radical (unpaired) electrons. The summed E-state index contributed by atoms with van der Waals surface area (Å²) in [5.74, 6) is 2.24. The Kier molecular flexibility index (Phi) is 4.81. The van der Waals surface area contributed by atoms with Gasteiger partial charge in [0.1, 0.15) is 5.75 Å². The molecule has 1 aliphatic heterocycles. The highest BCUT2D eigenvalue weighted by atomic mass is 28.3. The Morgan fingerprint density at radius 1 is 1.17 bits per heavy atom. The fourth-order valence-electron chi connectivity index (χ4n) is 7.63. The molecule has 0 unspecified atom stereocenters. The summed E-state index contributed by atoms with van der Waals surface area (Å²) in [4.78, 5) is 0. The third kappa shape index (κ3) is 2.76. The zero-order chi connectivity index (χ0) is 21.3. The van der Waals surface area contributed by atoms with Crippen LogP contribution in [0.15, 0.2) is 18.7 Å².